The van der Waals surface area contributed by atoms with Crippen LogP contribution in [0.15, 0.2) is 48.5 Å². The number of halogens is 2. The fourth-order valence-corrected chi connectivity index (χ4v) is 2.15. The second-order valence-corrected chi connectivity index (χ2v) is 5.47. The molecule has 1 atom stereocenters. The van der Waals surface area contributed by atoms with Crippen molar-refractivity contribution in [2.24, 2.45) is 0 Å². The van der Waals surface area contributed by atoms with Crippen LogP contribution in [0.4, 0.5) is 4.39 Å². The summed E-state index contributed by atoms with van der Waals surface area (Å²) >= 11 is 5.81. The zero-order valence-corrected chi connectivity index (χ0v) is 13.2. The Morgan fingerprint density at radius 3 is 2.36 bits per heavy atom. The Balaban J connectivity index is 1.94. The maximum Gasteiger partial charge on any atom is 0.263 e. The van der Waals surface area contributed by atoms with E-state index in [0.29, 0.717) is 17.3 Å². The van der Waals surface area contributed by atoms with Gasteiger partial charge < -0.3 is 9.64 Å². The van der Waals surface area contributed by atoms with Crippen LogP contribution in [-0.4, -0.2) is 24.0 Å². The first kappa shape index (κ1) is 16.3. The quantitative estimate of drug-likeness (QED) is 0.835. The summed E-state index contributed by atoms with van der Waals surface area (Å²) in [6, 6.07) is 12.9. The zero-order chi connectivity index (χ0) is 16.1. The van der Waals surface area contributed by atoms with Gasteiger partial charge in [0.05, 0.1) is 0 Å². The Bertz CT molecular complexity index is 573. The molecule has 22 heavy (non-hydrogen) atoms. The minimum absolute atomic E-state index is 0.153. The van der Waals surface area contributed by atoms with Gasteiger partial charge in [0.1, 0.15) is 11.6 Å². The van der Waals surface area contributed by atoms with E-state index in [-0.39, 0.29) is 11.7 Å². The van der Waals surface area contributed by atoms with Crippen LogP contribution in [0.5, 0.6) is 5.75 Å². The van der Waals surface area contributed by atoms with Crippen molar-refractivity contribution >= 4 is 17.5 Å². The standard InChI is InChI=1S/C17H17ClFNO2/c1-12(22-16-9-5-14(18)6-10-16)17(21)20(2)11-13-3-7-15(19)8-4-13/h3-10,12H,11H2,1-2H3. The van der Waals surface area contributed by atoms with E-state index in [9.17, 15) is 9.18 Å². The number of ether oxygens (including phenoxy) is 1. The molecule has 2 rings (SSSR count). The van der Waals surface area contributed by atoms with Crippen molar-refractivity contribution in [1.82, 2.24) is 4.90 Å². The highest BCUT2D eigenvalue weighted by Crippen LogP contribution is 2.17. The minimum Gasteiger partial charge on any atom is -0.481 e. The van der Waals surface area contributed by atoms with E-state index in [0.717, 1.165) is 5.56 Å². The third-order valence-electron chi connectivity index (χ3n) is 3.18. The normalized spacial score (nSPS) is 11.8. The van der Waals surface area contributed by atoms with E-state index in [1.165, 1.54) is 12.1 Å². The maximum absolute atomic E-state index is 12.9. The van der Waals surface area contributed by atoms with Gasteiger partial charge in [0.15, 0.2) is 6.10 Å². The van der Waals surface area contributed by atoms with E-state index in [1.807, 2.05) is 0 Å². The summed E-state index contributed by atoms with van der Waals surface area (Å²) in [5, 5.41) is 0.611. The average molecular weight is 322 g/mol. The molecule has 2 aromatic rings. The molecule has 0 aromatic heterocycles. The van der Waals surface area contributed by atoms with Gasteiger partial charge >= 0.3 is 0 Å². The molecular formula is C17H17ClFNO2. The number of amides is 1. The molecule has 1 amide bonds. The Morgan fingerprint density at radius 1 is 1.18 bits per heavy atom. The van der Waals surface area contributed by atoms with Crippen molar-refractivity contribution < 1.29 is 13.9 Å². The summed E-state index contributed by atoms with van der Waals surface area (Å²) in [7, 11) is 1.69. The first-order chi connectivity index (χ1) is 10.5. The Labute approximate surface area is 134 Å². The van der Waals surface area contributed by atoms with Gasteiger partial charge in [-0.25, -0.2) is 4.39 Å². The van der Waals surface area contributed by atoms with Crippen molar-refractivity contribution in [3.63, 3.8) is 0 Å². The van der Waals surface area contributed by atoms with E-state index in [4.69, 9.17) is 16.3 Å². The monoisotopic (exact) mass is 321 g/mol. The molecular weight excluding hydrogens is 305 g/mol. The fraction of sp³-hybridized carbons (Fsp3) is 0.235. The molecule has 1 unspecified atom stereocenters. The largest absolute Gasteiger partial charge is 0.481 e. The molecule has 0 spiro atoms. The zero-order valence-electron chi connectivity index (χ0n) is 12.4. The SMILES string of the molecule is CC(Oc1ccc(Cl)cc1)C(=O)N(C)Cc1ccc(F)cc1. The highest BCUT2D eigenvalue weighted by molar-refractivity contribution is 6.30. The summed E-state index contributed by atoms with van der Waals surface area (Å²) in [5.74, 6) is 0.136. The second-order valence-electron chi connectivity index (χ2n) is 5.03. The van der Waals surface area contributed by atoms with Crippen LogP contribution >= 0.6 is 11.6 Å². The van der Waals surface area contributed by atoms with Crippen LogP contribution in [0.1, 0.15) is 12.5 Å². The summed E-state index contributed by atoms with van der Waals surface area (Å²) in [6.07, 6.45) is -0.619. The molecule has 5 heteroatoms. The number of likely N-dealkylation sites (N-methyl/N-ethyl adjacent to an activating group) is 1. The van der Waals surface area contributed by atoms with Crippen LogP contribution in [0.25, 0.3) is 0 Å². The van der Waals surface area contributed by atoms with E-state index < -0.39 is 6.10 Å². The van der Waals surface area contributed by atoms with Gasteiger partial charge in [-0.05, 0) is 48.9 Å². The molecule has 0 fully saturated rings. The molecule has 0 saturated carbocycles. The van der Waals surface area contributed by atoms with Crippen LogP contribution in [0.3, 0.4) is 0 Å². The summed E-state index contributed by atoms with van der Waals surface area (Å²) in [6.45, 7) is 2.09. The molecule has 3 nitrogen and oxygen atoms in total. The summed E-state index contributed by atoms with van der Waals surface area (Å²) < 4.78 is 18.5. The van der Waals surface area contributed by atoms with Gasteiger partial charge in [0.25, 0.3) is 5.91 Å². The molecule has 0 aliphatic heterocycles. The smallest absolute Gasteiger partial charge is 0.263 e. The highest BCUT2D eigenvalue weighted by atomic mass is 35.5. The topological polar surface area (TPSA) is 29.5 Å². The third kappa shape index (κ3) is 4.46. The molecule has 116 valence electrons. The number of nitrogens with zero attached hydrogens (tertiary/aromatic N) is 1. The molecule has 2 aromatic carbocycles. The van der Waals surface area contributed by atoms with Gasteiger partial charge in [-0.3, -0.25) is 4.79 Å². The summed E-state index contributed by atoms with van der Waals surface area (Å²) in [4.78, 5) is 13.8. The predicted octanol–water partition coefficient (Wildman–Crippen LogP) is 3.91. The first-order valence-electron chi connectivity index (χ1n) is 6.87. The molecule has 0 heterocycles. The van der Waals surface area contributed by atoms with Crippen LogP contribution in [0, 0.1) is 5.82 Å². The average Bonchev–Trinajstić information content (AvgIpc) is 2.51. The van der Waals surface area contributed by atoms with Crippen molar-refractivity contribution in [3.05, 3.63) is 64.9 Å². The molecule has 0 saturated heterocycles. The van der Waals surface area contributed by atoms with Crippen molar-refractivity contribution in [1.29, 1.82) is 0 Å². The van der Waals surface area contributed by atoms with Gasteiger partial charge in [-0.1, -0.05) is 23.7 Å². The summed E-state index contributed by atoms with van der Waals surface area (Å²) in [5.41, 5.74) is 0.857. The number of rotatable bonds is 5. The van der Waals surface area contributed by atoms with E-state index >= 15 is 0 Å². The van der Waals surface area contributed by atoms with Crippen molar-refractivity contribution in [2.45, 2.75) is 19.6 Å². The molecule has 0 aliphatic rings. The Hall–Kier alpha value is -2.07. The number of hydrogen-bond donors (Lipinski definition) is 0. The van der Waals surface area contributed by atoms with Gasteiger partial charge in [-0.2, -0.15) is 0 Å². The van der Waals surface area contributed by atoms with Crippen molar-refractivity contribution in [2.75, 3.05) is 7.05 Å². The first-order valence-corrected chi connectivity index (χ1v) is 7.25. The number of hydrogen-bond acceptors (Lipinski definition) is 2. The predicted molar refractivity (Wildman–Crippen MR) is 84.4 cm³/mol. The van der Waals surface area contributed by atoms with Crippen molar-refractivity contribution in [3.8, 4) is 5.75 Å². The molecule has 0 bridgehead atoms. The van der Waals surface area contributed by atoms with Crippen LogP contribution in [0.2, 0.25) is 5.02 Å². The Morgan fingerprint density at radius 2 is 1.77 bits per heavy atom. The molecule has 0 N–H and O–H groups in total. The van der Waals surface area contributed by atoms with Gasteiger partial charge in [0, 0.05) is 18.6 Å². The van der Waals surface area contributed by atoms with E-state index in [1.54, 1.807) is 55.3 Å². The lowest BCUT2D eigenvalue weighted by molar-refractivity contribution is -0.137. The number of carbonyl (C=O) groups is 1. The minimum atomic E-state index is -0.619. The lowest BCUT2D eigenvalue weighted by atomic mass is 10.2. The molecule has 0 aliphatic carbocycles. The lowest BCUT2D eigenvalue weighted by Gasteiger charge is -2.22. The highest BCUT2D eigenvalue weighted by Gasteiger charge is 2.19. The number of carbonyl (C=O) groups excluding carboxylic acids is 1. The lowest BCUT2D eigenvalue weighted by Crippen LogP contribution is -2.37. The fourth-order valence-electron chi connectivity index (χ4n) is 2.02. The number of benzene rings is 2. The van der Waals surface area contributed by atoms with Crippen LogP contribution < -0.4 is 4.74 Å². The van der Waals surface area contributed by atoms with Gasteiger partial charge in [-0.15, -0.1) is 0 Å². The Kier molecular flexibility index (Phi) is 5.39. The molecule has 0 radical (unpaired) electrons. The second kappa shape index (κ2) is 7.27. The van der Waals surface area contributed by atoms with Gasteiger partial charge in [0.2, 0.25) is 0 Å². The maximum atomic E-state index is 12.9. The van der Waals surface area contributed by atoms with E-state index in [2.05, 4.69) is 0 Å². The van der Waals surface area contributed by atoms with Crippen LogP contribution in [-0.2, 0) is 11.3 Å². The third-order valence-corrected chi connectivity index (χ3v) is 3.44.